The van der Waals surface area contributed by atoms with Gasteiger partial charge in [-0.2, -0.15) is 4.31 Å². The summed E-state index contributed by atoms with van der Waals surface area (Å²) in [4.78, 5) is 29.8. The number of piperazine rings is 1. The summed E-state index contributed by atoms with van der Waals surface area (Å²) in [5.41, 5.74) is -1.70. The molecule has 0 aromatic heterocycles. The molecule has 3 aliphatic rings. The number of benzene rings is 2. The van der Waals surface area contributed by atoms with Gasteiger partial charge in [-0.05, 0) is 82.1 Å². The first kappa shape index (κ1) is 30.7. The molecule has 3 aliphatic heterocycles. The van der Waals surface area contributed by atoms with Gasteiger partial charge in [0.25, 0.3) is 0 Å². The number of likely N-dealkylation sites (tertiary alicyclic amines) is 2. The number of hydrogen-bond donors (Lipinski definition) is 0. The van der Waals surface area contributed by atoms with Crippen molar-refractivity contribution in [3.63, 3.8) is 0 Å². The maximum atomic E-state index is 15.1. The first-order valence-electron chi connectivity index (χ1n) is 14.2. The number of nitrogens with zero attached hydrogens (tertiary/aromatic N) is 3. The lowest BCUT2D eigenvalue weighted by atomic mass is 9.96. The Morgan fingerprint density at radius 1 is 1.07 bits per heavy atom. The second-order valence-corrected chi connectivity index (χ2v) is 13.2. The zero-order valence-electron chi connectivity index (χ0n) is 23.4. The lowest BCUT2D eigenvalue weighted by Crippen LogP contribution is -2.67. The lowest BCUT2D eigenvalue weighted by Gasteiger charge is -2.46. The van der Waals surface area contributed by atoms with Crippen LogP contribution in [0.15, 0.2) is 41.3 Å². The van der Waals surface area contributed by atoms with Gasteiger partial charge in [0.2, 0.25) is 15.9 Å². The van der Waals surface area contributed by atoms with Gasteiger partial charge < -0.3 is 19.3 Å². The van der Waals surface area contributed by atoms with E-state index in [-0.39, 0.29) is 50.6 Å². The van der Waals surface area contributed by atoms with Crippen LogP contribution in [0.3, 0.4) is 0 Å². The smallest absolute Gasteiger partial charge is 0.329 e. The minimum atomic E-state index is -4.61. The molecule has 9 nitrogen and oxygen atoms in total. The number of halogens is 3. The van der Waals surface area contributed by atoms with Crippen LogP contribution in [0.1, 0.15) is 45.4 Å². The molecular weight excluding hydrogens is 592 g/mol. The number of carbonyl (C=O) groups excluding carboxylic acids is 2. The summed E-state index contributed by atoms with van der Waals surface area (Å²) in [6.07, 6.45) is 4.02. The first-order chi connectivity index (χ1) is 20.0. The molecule has 3 saturated heterocycles. The molecular formula is C29H34ClF2N3O6S. The molecule has 2 aromatic carbocycles. The van der Waals surface area contributed by atoms with Crippen molar-refractivity contribution >= 4 is 33.5 Å². The van der Waals surface area contributed by atoms with Crippen LogP contribution in [0.25, 0.3) is 0 Å². The van der Waals surface area contributed by atoms with Crippen molar-refractivity contribution in [1.82, 2.24) is 14.1 Å². The third kappa shape index (κ3) is 5.99. The van der Waals surface area contributed by atoms with E-state index < -0.39 is 49.9 Å². The summed E-state index contributed by atoms with van der Waals surface area (Å²) in [6, 6.07) is 6.39. The number of rotatable bonds is 9. The summed E-state index contributed by atoms with van der Waals surface area (Å²) < 4.78 is 69.9. The highest BCUT2D eigenvalue weighted by atomic mass is 35.5. The Kier molecular flexibility index (Phi) is 9.08. The number of ether oxygens (including phenoxy) is 2. The molecule has 1 amide bonds. The fraction of sp³-hybridized carbons (Fsp3) is 0.517. The number of carbonyl (C=O) groups is 2. The first-order valence-corrected chi connectivity index (χ1v) is 16.0. The molecule has 2 unspecified atom stereocenters. The Hall–Kier alpha value is -2.80. The van der Waals surface area contributed by atoms with Crippen molar-refractivity contribution in [2.75, 3.05) is 39.3 Å². The van der Waals surface area contributed by atoms with Crippen molar-refractivity contribution in [3.05, 3.63) is 53.1 Å². The fourth-order valence-corrected chi connectivity index (χ4v) is 8.29. The average molecular weight is 626 g/mol. The summed E-state index contributed by atoms with van der Waals surface area (Å²) in [5.74, 6) is -4.08. The normalized spacial score (nSPS) is 23.1. The third-order valence-corrected chi connectivity index (χ3v) is 10.4. The van der Waals surface area contributed by atoms with Gasteiger partial charge in [0.05, 0.1) is 18.0 Å². The van der Waals surface area contributed by atoms with Gasteiger partial charge in [-0.25, -0.2) is 22.0 Å². The topological polar surface area (TPSA) is 96.5 Å². The van der Waals surface area contributed by atoms with Crippen LogP contribution in [-0.2, 0) is 24.3 Å². The zero-order chi connectivity index (χ0) is 30.1. The number of esters is 1. The van der Waals surface area contributed by atoms with E-state index in [1.54, 1.807) is 6.92 Å². The van der Waals surface area contributed by atoms with Gasteiger partial charge in [-0.15, -0.1) is 0 Å². The number of hydrogen-bond acceptors (Lipinski definition) is 7. The van der Waals surface area contributed by atoms with Gasteiger partial charge in [0.15, 0.2) is 22.9 Å². The van der Waals surface area contributed by atoms with Crippen LogP contribution in [0.5, 0.6) is 11.5 Å². The molecule has 0 radical (unpaired) electrons. The number of sulfonamides is 1. The van der Waals surface area contributed by atoms with Crippen LogP contribution in [-0.4, -0.2) is 85.3 Å². The van der Waals surface area contributed by atoms with E-state index in [4.69, 9.17) is 21.1 Å². The fourth-order valence-electron chi connectivity index (χ4n) is 6.18. The molecule has 0 N–H and O–H groups in total. The molecule has 3 fully saturated rings. The molecule has 0 aliphatic carbocycles. The van der Waals surface area contributed by atoms with E-state index in [1.807, 2.05) is 0 Å². The van der Waals surface area contributed by atoms with E-state index >= 15 is 8.78 Å². The Morgan fingerprint density at radius 2 is 1.74 bits per heavy atom. The average Bonchev–Trinajstić information content (AvgIpc) is 3.23. The quantitative estimate of drug-likeness (QED) is 0.376. The van der Waals surface area contributed by atoms with E-state index in [9.17, 15) is 18.0 Å². The highest BCUT2D eigenvalue weighted by molar-refractivity contribution is 7.89. The van der Waals surface area contributed by atoms with Crippen molar-refractivity contribution in [2.45, 2.75) is 61.9 Å². The minimum Gasteiger partial charge on any atom is -0.465 e. The van der Waals surface area contributed by atoms with Gasteiger partial charge in [0.1, 0.15) is 5.75 Å². The summed E-state index contributed by atoms with van der Waals surface area (Å²) in [6.45, 7) is 3.95. The molecule has 2 aromatic rings. The van der Waals surface area contributed by atoms with E-state index in [0.29, 0.717) is 23.7 Å². The molecule has 42 heavy (non-hydrogen) atoms. The molecule has 2 atom stereocenters. The Balaban J connectivity index is 1.41. The number of piperidine rings is 1. The third-order valence-electron chi connectivity index (χ3n) is 8.19. The second kappa shape index (κ2) is 12.4. The summed E-state index contributed by atoms with van der Waals surface area (Å²) in [5, 5.41) is 0.402. The molecule has 2 bridgehead atoms. The predicted molar refractivity (Wildman–Crippen MR) is 151 cm³/mol. The van der Waals surface area contributed by atoms with Crippen LogP contribution in [0.2, 0.25) is 5.02 Å². The Bertz CT molecular complexity index is 1410. The molecule has 0 saturated carbocycles. The maximum Gasteiger partial charge on any atom is 0.329 e. The molecule has 13 heteroatoms. The number of amides is 1. The highest BCUT2D eigenvalue weighted by Gasteiger charge is 2.62. The van der Waals surface area contributed by atoms with Gasteiger partial charge in [-0.3, -0.25) is 4.79 Å². The summed E-state index contributed by atoms with van der Waals surface area (Å²) in [7, 11) is -4.61. The molecule has 228 valence electrons. The lowest BCUT2D eigenvalue weighted by molar-refractivity contribution is -0.159. The van der Waals surface area contributed by atoms with Gasteiger partial charge in [-0.1, -0.05) is 18.0 Å². The van der Waals surface area contributed by atoms with Crippen molar-refractivity contribution in [1.29, 1.82) is 0 Å². The monoisotopic (exact) mass is 625 g/mol. The van der Waals surface area contributed by atoms with Crippen LogP contribution in [0.4, 0.5) is 8.78 Å². The summed E-state index contributed by atoms with van der Waals surface area (Å²) >= 11 is 5.85. The van der Waals surface area contributed by atoms with Gasteiger partial charge >= 0.3 is 5.97 Å². The van der Waals surface area contributed by atoms with Gasteiger partial charge in [0, 0.05) is 30.6 Å². The van der Waals surface area contributed by atoms with E-state index in [1.165, 1.54) is 35.6 Å². The second-order valence-electron chi connectivity index (χ2n) is 10.9. The molecule has 3 heterocycles. The largest absolute Gasteiger partial charge is 0.465 e. The molecule has 5 rings (SSSR count). The Morgan fingerprint density at radius 3 is 2.38 bits per heavy atom. The van der Waals surface area contributed by atoms with Crippen molar-refractivity contribution in [2.24, 2.45) is 0 Å². The van der Waals surface area contributed by atoms with Crippen LogP contribution >= 0.6 is 11.6 Å². The van der Waals surface area contributed by atoms with Crippen LogP contribution < -0.4 is 4.74 Å². The maximum absolute atomic E-state index is 15.1. The van der Waals surface area contributed by atoms with Crippen molar-refractivity contribution < 1.29 is 36.3 Å². The standard InChI is InChI=1S/C29H34ClF2N3O6S/c1-2-40-28(37)29-12-10-21(18-34(19-29)26(36)11-15-33-13-4-3-5-14-33)35(29)42(38,39)23-16-24(31)27(25(32)17-23)41-22-8-6-20(30)7-9-22/h6-9,16-17,21H,2-5,10-15,18-19H2,1H3. The number of fused-ring (bicyclic) bond motifs is 2. The minimum absolute atomic E-state index is 0.00202. The highest BCUT2D eigenvalue weighted by Crippen LogP contribution is 2.45. The SMILES string of the molecule is CCOC(=O)C12CCC(CN(C(=O)CCN3CCCCC3)C1)N2S(=O)(=O)c1cc(F)c(Oc2ccc(Cl)cc2)c(F)c1. The zero-order valence-corrected chi connectivity index (χ0v) is 24.9. The van der Waals surface area contributed by atoms with E-state index in [2.05, 4.69) is 4.90 Å². The molecule has 0 spiro atoms. The van der Waals surface area contributed by atoms with Crippen LogP contribution in [0, 0.1) is 11.6 Å². The predicted octanol–water partition coefficient (Wildman–Crippen LogP) is 4.58. The van der Waals surface area contributed by atoms with E-state index in [0.717, 1.165) is 30.2 Å². The van der Waals surface area contributed by atoms with Crippen molar-refractivity contribution in [3.8, 4) is 11.5 Å². The Labute approximate surface area is 249 Å².